The van der Waals surface area contributed by atoms with Crippen LogP contribution in [-0.4, -0.2) is 37.4 Å². The molecule has 2 fully saturated rings. The zero-order valence-corrected chi connectivity index (χ0v) is 9.29. The molecule has 2 saturated heterocycles. The highest BCUT2D eigenvalue weighted by molar-refractivity contribution is 7.89. The maximum absolute atomic E-state index is 11.8. The van der Waals surface area contributed by atoms with E-state index in [1.807, 2.05) is 6.92 Å². The van der Waals surface area contributed by atoms with Crippen molar-refractivity contribution in [2.75, 3.05) is 12.4 Å². The van der Waals surface area contributed by atoms with E-state index in [2.05, 4.69) is 0 Å². The molecule has 2 rings (SSSR count). The highest BCUT2D eigenvalue weighted by atomic mass is 32.2. The largest absolute Gasteiger partial charge is 0.360 e. The summed E-state index contributed by atoms with van der Waals surface area (Å²) in [6.07, 6.45) is 3.50. The van der Waals surface area contributed by atoms with Gasteiger partial charge < -0.3 is 4.74 Å². The van der Waals surface area contributed by atoms with E-state index in [0.717, 1.165) is 25.7 Å². The van der Waals surface area contributed by atoms with Crippen LogP contribution in [0.4, 0.5) is 0 Å². The van der Waals surface area contributed by atoms with Gasteiger partial charge in [0.05, 0.1) is 11.8 Å². The Bertz CT molecular complexity index is 289. The molecule has 0 saturated carbocycles. The molecule has 0 aromatic heterocycles. The first-order chi connectivity index (χ1) is 6.67. The molecule has 2 aliphatic heterocycles. The maximum atomic E-state index is 11.8. The van der Waals surface area contributed by atoms with Crippen molar-refractivity contribution >= 4 is 10.0 Å². The molecule has 5 heteroatoms. The minimum atomic E-state index is -3.02. The van der Waals surface area contributed by atoms with Crippen molar-refractivity contribution in [2.24, 2.45) is 0 Å². The fraction of sp³-hybridized carbons (Fsp3) is 1.00. The summed E-state index contributed by atoms with van der Waals surface area (Å²) in [5.74, 6) is 0.278. The van der Waals surface area contributed by atoms with Crippen LogP contribution >= 0.6 is 0 Å². The van der Waals surface area contributed by atoms with Gasteiger partial charge in [-0.15, -0.1) is 0 Å². The minimum Gasteiger partial charge on any atom is -0.360 e. The summed E-state index contributed by atoms with van der Waals surface area (Å²) in [4.78, 5) is 0. The van der Waals surface area contributed by atoms with Gasteiger partial charge in [0, 0.05) is 6.61 Å². The molecule has 0 bridgehead atoms. The first kappa shape index (κ1) is 10.4. The number of hydrogen-bond donors (Lipinski definition) is 0. The second-order valence-electron chi connectivity index (χ2n) is 3.97. The average molecular weight is 219 g/mol. The fourth-order valence-corrected chi connectivity index (χ4v) is 3.93. The monoisotopic (exact) mass is 219 g/mol. The van der Waals surface area contributed by atoms with Crippen molar-refractivity contribution in [3.63, 3.8) is 0 Å². The first-order valence-electron chi connectivity index (χ1n) is 5.29. The molecule has 0 spiro atoms. The quantitative estimate of drug-likeness (QED) is 0.661. The van der Waals surface area contributed by atoms with E-state index in [1.165, 1.54) is 0 Å². The third-order valence-electron chi connectivity index (χ3n) is 2.83. The van der Waals surface area contributed by atoms with Crippen molar-refractivity contribution in [3.05, 3.63) is 0 Å². The number of fused-ring (bicyclic) bond motifs is 1. The molecule has 2 heterocycles. The molecule has 0 radical (unpaired) electrons. The molecule has 2 aliphatic rings. The summed E-state index contributed by atoms with van der Waals surface area (Å²) in [7, 11) is -3.02. The van der Waals surface area contributed by atoms with Crippen LogP contribution in [0, 0.1) is 0 Å². The van der Waals surface area contributed by atoms with Crippen molar-refractivity contribution < 1.29 is 13.2 Å². The van der Waals surface area contributed by atoms with E-state index in [4.69, 9.17) is 4.74 Å². The molecule has 82 valence electrons. The summed E-state index contributed by atoms with van der Waals surface area (Å²) < 4.78 is 30.5. The summed E-state index contributed by atoms with van der Waals surface area (Å²) >= 11 is 0. The number of sulfonamides is 1. The number of ether oxygens (including phenoxy) is 1. The van der Waals surface area contributed by atoms with Crippen molar-refractivity contribution in [1.82, 2.24) is 4.31 Å². The Morgan fingerprint density at radius 3 is 2.86 bits per heavy atom. The number of rotatable bonds is 4. The Morgan fingerprint density at radius 2 is 2.29 bits per heavy atom. The van der Waals surface area contributed by atoms with Crippen LogP contribution in [0.3, 0.4) is 0 Å². The SMILES string of the molecule is CCCCS(=O)(=O)N1[C@@H]2CCCO[C@@H]21. The normalized spacial score (nSPS) is 36.5. The third-order valence-corrected chi connectivity index (χ3v) is 4.75. The molecule has 0 aromatic carbocycles. The topological polar surface area (TPSA) is 46.4 Å². The predicted molar refractivity (Wildman–Crippen MR) is 53.3 cm³/mol. The number of hydrogen-bond acceptors (Lipinski definition) is 3. The lowest BCUT2D eigenvalue weighted by Crippen LogP contribution is -2.19. The molecule has 0 amide bonds. The minimum absolute atomic E-state index is 0.120. The van der Waals surface area contributed by atoms with Gasteiger partial charge >= 0.3 is 0 Å². The summed E-state index contributed by atoms with van der Waals surface area (Å²) in [6.45, 7) is 2.71. The second-order valence-corrected chi connectivity index (χ2v) is 5.96. The molecule has 1 unspecified atom stereocenters. The van der Waals surface area contributed by atoms with Gasteiger partial charge in [-0.05, 0) is 19.3 Å². The lowest BCUT2D eigenvalue weighted by molar-refractivity contribution is 0.0787. The van der Waals surface area contributed by atoms with Crippen molar-refractivity contribution in [3.8, 4) is 0 Å². The van der Waals surface area contributed by atoms with Crippen LogP contribution in [-0.2, 0) is 14.8 Å². The van der Waals surface area contributed by atoms with Crippen LogP contribution < -0.4 is 0 Å². The molecular formula is C9H17NO3S. The van der Waals surface area contributed by atoms with Crippen LogP contribution in [0.2, 0.25) is 0 Å². The predicted octanol–water partition coefficient (Wildman–Crippen LogP) is 0.937. The summed E-state index contributed by atoms with van der Waals surface area (Å²) in [5, 5.41) is 0. The Kier molecular flexibility index (Phi) is 2.81. The van der Waals surface area contributed by atoms with Gasteiger partial charge in [-0.1, -0.05) is 13.3 Å². The summed E-state index contributed by atoms with van der Waals surface area (Å²) in [6, 6.07) is 0.158. The number of nitrogens with zero attached hydrogens (tertiary/aromatic N) is 1. The van der Waals surface area contributed by atoms with E-state index in [1.54, 1.807) is 4.31 Å². The van der Waals surface area contributed by atoms with Crippen LogP contribution in [0.5, 0.6) is 0 Å². The maximum Gasteiger partial charge on any atom is 0.216 e. The highest BCUT2D eigenvalue weighted by Crippen LogP contribution is 2.39. The molecule has 3 atom stereocenters. The number of unbranched alkanes of at least 4 members (excludes halogenated alkanes) is 1. The van der Waals surface area contributed by atoms with Crippen LogP contribution in [0.15, 0.2) is 0 Å². The Morgan fingerprint density at radius 1 is 1.50 bits per heavy atom. The van der Waals surface area contributed by atoms with E-state index in [-0.39, 0.29) is 18.0 Å². The van der Waals surface area contributed by atoms with E-state index in [9.17, 15) is 8.42 Å². The van der Waals surface area contributed by atoms with Gasteiger partial charge in [-0.2, -0.15) is 4.31 Å². The fourth-order valence-electron chi connectivity index (χ4n) is 1.98. The van der Waals surface area contributed by atoms with E-state index < -0.39 is 10.0 Å². The van der Waals surface area contributed by atoms with Gasteiger partial charge in [-0.3, -0.25) is 0 Å². The van der Waals surface area contributed by atoms with Crippen molar-refractivity contribution in [2.45, 2.75) is 44.9 Å². The highest BCUT2D eigenvalue weighted by Gasteiger charge is 2.56. The third kappa shape index (κ3) is 1.81. The lowest BCUT2D eigenvalue weighted by Gasteiger charge is -2.05. The van der Waals surface area contributed by atoms with Gasteiger partial charge in [0.25, 0.3) is 0 Å². The van der Waals surface area contributed by atoms with Crippen LogP contribution in [0.25, 0.3) is 0 Å². The smallest absolute Gasteiger partial charge is 0.216 e. The van der Waals surface area contributed by atoms with Crippen molar-refractivity contribution in [1.29, 1.82) is 0 Å². The Balaban J connectivity index is 1.96. The zero-order chi connectivity index (χ0) is 10.2. The molecule has 4 nitrogen and oxygen atoms in total. The van der Waals surface area contributed by atoms with Gasteiger partial charge in [0.1, 0.15) is 6.23 Å². The van der Waals surface area contributed by atoms with E-state index >= 15 is 0 Å². The first-order valence-corrected chi connectivity index (χ1v) is 6.90. The van der Waals surface area contributed by atoms with Gasteiger partial charge in [-0.25, -0.2) is 8.42 Å². The molecule has 0 aliphatic carbocycles. The summed E-state index contributed by atoms with van der Waals surface area (Å²) in [5.41, 5.74) is 0. The van der Waals surface area contributed by atoms with Gasteiger partial charge in [0.15, 0.2) is 0 Å². The van der Waals surface area contributed by atoms with Crippen LogP contribution in [0.1, 0.15) is 32.6 Å². The Hall–Kier alpha value is -0.130. The molecular weight excluding hydrogens is 202 g/mol. The molecule has 0 aromatic rings. The lowest BCUT2D eigenvalue weighted by atomic mass is 10.2. The molecule has 0 N–H and O–H groups in total. The molecule has 14 heavy (non-hydrogen) atoms. The van der Waals surface area contributed by atoms with Gasteiger partial charge in [0.2, 0.25) is 10.0 Å². The average Bonchev–Trinajstić information content (AvgIpc) is 2.89. The zero-order valence-electron chi connectivity index (χ0n) is 8.48. The van der Waals surface area contributed by atoms with E-state index in [0.29, 0.717) is 6.61 Å². The standard InChI is InChI=1S/C9H17NO3S/c1-2-3-7-14(11,12)10-8-5-4-6-13-9(8)10/h8-9H,2-7H2,1H3/t8-,9+,10?/m1/s1. The second kappa shape index (κ2) is 3.79. The Labute approximate surface area is 85.3 Å².